The summed E-state index contributed by atoms with van der Waals surface area (Å²) in [6.45, 7) is 8.89. The molecule has 2 heteroatoms. The largest absolute Gasteiger partial charge is 0.249 e. The second-order valence-corrected chi connectivity index (χ2v) is 5.23. The Morgan fingerprint density at radius 1 is 1.42 bits per heavy atom. The monoisotopic (exact) mass is 183 g/mol. The highest BCUT2D eigenvalue weighted by Crippen LogP contribution is 2.27. The molecule has 0 aliphatic heterocycles. The van der Waals surface area contributed by atoms with Crippen LogP contribution in [0.1, 0.15) is 44.0 Å². The summed E-state index contributed by atoms with van der Waals surface area (Å²) in [6.07, 6.45) is 4.34. The maximum Gasteiger partial charge on any atom is 0.0927 e. The third kappa shape index (κ3) is 2.31. The third-order valence-electron chi connectivity index (χ3n) is 1.76. The van der Waals surface area contributed by atoms with Crippen LogP contribution in [0.3, 0.4) is 0 Å². The van der Waals surface area contributed by atoms with Gasteiger partial charge in [0.15, 0.2) is 0 Å². The predicted molar refractivity (Wildman–Crippen MR) is 54.8 cm³/mol. The fourth-order valence-corrected chi connectivity index (χ4v) is 2.06. The summed E-state index contributed by atoms with van der Waals surface area (Å²) < 4.78 is 0. The first kappa shape index (κ1) is 9.72. The van der Waals surface area contributed by atoms with E-state index in [4.69, 9.17) is 0 Å². The van der Waals surface area contributed by atoms with Gasteiger partial charge in [0.05, 0.1) is 5.01 Å². The average Bonchev–Trinajstić information content (AvgIpc) is 2.35. The first-order valence-electron chi connectivity index (χ1n) is 4.49. The van der Waals surface area contributed by atoms with Crippen molar-refractivity contribution in [1.29, 1.82) is 0 Å². The van der Waals surface area contributed by atoms with Gasteiger partial charge in [0.2, 0.25) is 0 Å². The lowest BCUT2D eigenvalue weighted by Crippen LogP contribution is -2.07. The topological polar surface area (TPSA) is 12.9 Å². The van der Waals surface area contributed by atoms with Crippen molar-refractivity contribution in [3.05, 3.63) is 16.1 Å². The SMILES string of the molecule is CCCc1ncc(C(C)(C)C)s1. The van der Waals surface area contributed by atoms with Gasteiger partial charge in [-0.05, 0) is 18.3 Å². The molecule has 12 heavy (non-hydrogen) atoms. The van der Waals surface area contributed by atoms with Crippen molar-refractivity contribution in [1.82, 2.24) is 4.98 Å². The number of thiazole rings is 1. The molecule has 1 aromatic rings. The average molecular weight is 183 g/mol. The van der Waals surface area contributed by atoms with Crippen LogP contribution in [-0.2, 0) is 11.8 Å². The van der Waals surface area contributed by atoms with Crippen LogP contribution in [0, 0.1) is 0 Å². The summed E-state index contributed by atoms with van der Waals surface area (Å²) in [6, 6.07) is 0. The maximum absolute atomic E-state index is 4.39. The van der Waals surface area contributed by atoms with Crippen LogP contribution in [0.4, 0.5) is 0 Å². The van der Waals surface area contributed by atoms with E-state index in [1.54, 1.807) is 0 Å². The van der Waals surface area contributed by atoms with Crippen molar-refractivity contribution >= 4 is 11.3 Å². The van der Waals surface area contributed by atoms with Gasteiger partial charge >= 0.3 is 0 Å². The Bertz CT molecular complexity index is 245. The second kappa shape index (κ2) is 3.56. The van der Waals surface area contributed by atoms with E-state index < -0.39 is 0 Å². The zero-order chi connectivity index (χ0) is 9.19. The molecule has 1 heterocycles. The van der Waals surface area contributed by atoms with Gasteiger partial charge in [0, 0.05) is 11.1 Å². The summed E-state index contributed by atoms with van der Waals surface area (Å²) in [5.74, 6) is 0. The number of aromatic nitrogens is 1. The Kier molecular flexibility index (Phi) is 2.89. The van der Waals surface area contributed by atoms with Crippen LogP contribution in [0.15, 0.2) is 6.20 Å². The van der Waals surface area contributed by atoms with Gasteiger partial charge < -0.3 is 0 Å². The van der Waals surface area contributed by atoms with Gasteiger partial charge in [-0.2, -0.15) is 0 Å². The third-order valence-corrected chi connectivity index (χ3v) is 3.24. The van der Waals surface area contributed by atoms with Crippen molar-refractivity contribution in [2.75, 3.05) is 0 Å². The summed E-state index contributed by atoms with van der Waals surface area (Å²) in [5.41, 5.74) is 0.268. The van der Waals surface area contributed by atoms with Gasteiger partial charge in [0.25, 0.3) is 0 Å². The van der Waals surface area contributed by atoms with E-state index >= 15 is 0 Å². The zero-order valence-electron chi connectivity index (χ0n) is 8.35. The highest BCUT2D eigenvalue weighted by Gasteiger charge is 2.16. The highest BCUT2D eigenvalue weighted by molar-refractivity contribution is 7.11. The number of hydrogen-bond acceptors (Lipinski definition) is 2. The summed E-state index contributed by atoms with van der Waals surface area (Å²) in [7, 11) is 0. The molecule has 0 bridgehead atoms. The summed E-state index contributed by atoms with van der Waals surface area (Å²) in [5, 5.41) is 1.28. The van der Waals surface area contributed by atoms with Crippen LogP contribution < -0.4 is 0 Å². The molecule has 0 fully saturated rings. The molecule has 0 N–H and O–H groups in total. The molecule has 68 valence electrons. The van der Waals surface area contributed by atoms with Crippen LogP contribution in [0.25, 0.3) is 0 Å². The lowest BCUT2D eigenvalue weighted by Gasteiger charge is -2.14. The standard InChI is InChI=1S/C10H17NS/c1-5-6-9-11-7-8(12-9)10(2,3)4/h7H,5-6H2,1-4H3. The Labute approximate surface area is 78.8 Å². The minimum atomic E-state index is 0.268. The van der Waals surface area contributed by atoms with Crippen molar-refractivity contribution < 1.29 is 0 Å². The summed E-state index contributed by atoms with van der Waals surface area (Å²) >= 11 is 1.85. The molecule has 1 aromatic heterocycles. The normalized spacial score (nSPS) is 12.0. The van der Waals surface area contributed by atoms with Gasteiger partial charge in [-0.1, -0.05) is 27.7 Å². The molecule has 0 aromatic carbocycles. The van der Waals surface area contributed by atoms with Crippen molar-refractivity contribution in [3.63, 3.8) is 0 Å². The molecule has 1 nitrogen and oxygen atoms in total. The smallest absolute Gasteiger partial charge is 0.0927 e. The predicted octanol–water partition coefficient (Wildman–Crippen LogP) is 3.39. The first-order chi connectivity index (χ1) is 5.54. The number of hydrogen-bond donors (Lipinski definition) is 0. The Morgan fingerprint density at radius 2 is 2.08 bits per heavy atom. The maximum atomic E-state index is 4.39. The van der Waals surface area contributed by atoms with E-state index in [9.17, 15) is 0 Å². The van der Waals surface area contributed by atoms with Crippen molar-refractivity contribution in [3.8, 4) is 0 Å². The number of rotatable bonds is 2. The fraction of sp³-hybridized carbons (Fsp3) is 0.700. The van der Waals surface area contributed by atoms with E-state index in [0.717, 1.165) is 6.42 Å². The Morgan fingerprint density at radius 3 is 2.50 bits per heavy atom. The molecule has 0 aliphatic carbocycles. The molecule has 0 saturated heterocycles. The molecular formula is C10H17NS. The van der Waals surface area contributed by atoms with E-state index in [1.165, 1.54) is 16.3 Å². The minimum Gasteiger partial charge on any atom is -0.249 e. The van der Waals surface area contributed by atoms with Gasteiger partial charge in [0.1, 0.15) is 0 Å². The molecule has 0 radical (unpaired) electrons. The molecule has 0 aliphatic rings. The quantitative estimate of drug-likeness (QED) is 0.685. The van der Waals surface area contributed by atoms with Crippen LogP contribution in [0.2, 0.25) is 0 Å². The van der Waals surface area contributed by atoms with Crippen LogP contribution in [-0.4, -0.2) is 4.98 Å². The molecule has 0 unspecified atom stereocenters. The fourth-order valence-electron chi connectivity index (χ4n) is 0.986. The molecule has 1 rings (SSSR count). The Balaban J connectivity index is 2.77. The molecule has 0 atom stereocenters. The molecular weight excluding hydrogens is 166 g/mol. The molecule has 0 amide bonds. The van der Waals surface area contributed by atoms with E-state index in [0.29, 0.717) is 0 Å². The van der Waals surface area contributed by atoms with Crippen molar-refractivity contribution in [2.24, 2.45) is 0 Å². The first-order valence-corrected chi connectivity index (χ1v) is 5.31. The minimum absolute atomic E-state index is 0.268. The second-order valence-electron chi connectivity index (χ2n) is 4.12. The van der Waals surface area contributed by atoms with Crippen molar-refractivity contribution in [2.45, 2.75) is 46.0 Å². The van der Waals surface area contributed by atoms with E-state index in [2.05, 4.69) is 32.7 Å². The van der Waals surface area contributed by atoms with E-state index in [1.807, 2.05) is 17.5 Å². The lowest BCUT2D eigenvalue weighted by atomic mass is 9.96. The number of aryl methyl sites for hydroxylation is 1. The van der Waals surface area contributed by atoms with Gasteiger partial charge in [-0.3, -0.25) is 0 Å². The summed E-state index contributed by atoms with van der Waals surface area (Å²) in [4.78, 5) is 5.79. The van der Waals surface area contributed by atoms with Crippen LogP contribution >= 0.6 is 11.3 Å². The zero-order valence-corrected chi connectivity index (χ0v) is 9.16. The van der Waals surface area contributed by atoms with Crippen LogP contribution in [0.5, 0.6) is 0 Å². The molecule has 0 spiro atoms. The van der Waals surface area contributed by atoms with Gasteiger partial charge in [-0.15, -0.1) is 11.3 Å². The highest BCUT2D eigenvalue weighted by atomic mass is 32.1. The Hall–Kier alpha value is -0.370. The number of nitrogens with zero attached hydrogens (tertiary/aromatic N) is 1. The van der Waals surface area contributed by atoms with Gasteiger partial charge in [-0.25, -0.2) is 4.98 Å². The lowest BCUT2D eigenvalue weighted by molar-refractivity contribution is 0.602. The molecule has 0 saturated carbocycles. The van der Waals surface area contributed by atoms with E-state index in [-0.39, 0.29) is 5.41 Å².